The molecule has 0 spiro atoms. The Morgan fingerprint density at radius 1 is 0.905 bits per heavy atom. The molecule has 21 heavy (non-hydrogen) atoms. The second-order valence-electron chi connectivity index (χ2n) is 4.48. The fourth-order valence-corrected chi connectivity index (χ4v) is 2.01. The summed E-state index contributed by atoms with van der Waals surface area (Å²) >= 11 is 0. The summed E-state index contributed by atoms with van der Waals surface area (Å²) in [7, 11) is 1.70. The van der Waals surface area contributed by atoms with Crippen LogP contribution in [0.3, 0.4) is 0 Å². The highest BCUT2D eigenvalue weighted by molar-refractivity contribution is 6.59. The van der Waals surface area contributed by atoms with Gasteiger partial charge in [0, 0.05) is 6.07 Å². The molecule has 0 aromatic heterocycles. The Labute approximate surface area is 124 Å². The molecule has 0 aliphatic heterocycles. The number of benzene rings is 2. The molecule has 108 valence electrons. The Kier molecular flexibility index (Phi) is 5.03. The second-order valence-corrected chi connectivity index (χ2v) is 4.48. The van der Waals surface area contributed by atoms with Gasteiger partial charge in [0.1, 0.15) is 11.5 Å². The molecule has 2 aromatic carbocycles. The van der Waals surface area contributed by atoms with E-state index in [0.717, 1.165) is 11.1 Å². The molecule has 0 saturated carbocycles. The van der Waals surface area contributed by atoms with E-state index in [9.17, 15) is 10.0 Å². The fraction of sp³-hybridized carbons (Fsp3) is 0.125. The van der Waals surface area contributed by atoms with Crippen LogP contribution in [-0.4, -0.2) is 31.4 Å². The van der Waals surface area contributed by atoms with Crippen LogP contribution in [-0.2, 0) is 0 Å². The van der Waals surface area contributed by atoms with Crippen LogP contribution in [0.25, 0.3) is 12.2 Å². The largest absolute Gasteiger partial charge is 0.497 e. The summed E-state index contributed by atoms with van der Waals surface area (Å²) in [5, 5.41) is 18.7. The van der Waals surface area contributed by atoms with Crippen LogP contribution in [0.2, 0.25) is 0 Å². The molecule has 0 saturated heterocycles. The van der Waals surface area contributed by atoms with E-state index in [1.807, 2.05) is 36.4 Å². The molecule has 0 amide bonds. The van der Waals surface area contributed by atoms with Gasteiger partial charge in [-0.2, -0.15) is 0 Å². The third-order valence-electron chi connectivity index (χ3n) is 3.10. The van der Waals surface area contributed by atoms with Crippen molar-refractivity contribution in [3.05, 3.63) is 53.6 Å². The molecule has 0 atom stereocenters. The van der Waals surface area contributed by atoms with Gasteiger partial charge in [-0.1, -0.05) is 36.4 Å². The van der Waals surface area contributed by atoms with Gasteiger partial charge >= 0.3 is 7.12 Å². The van der Waals surface area contributed by atoms with Crippen molar-refractivity contribution in [2.24, 2.45) is 0 Å². The normalized spacial score (nSPS) is 10.7. The summed E-state index contributed by atoms with van der Waals surface area (Å²) in [4.78, 5) is 0. The average molecular weight is 284 g/mol. The number of ether oxygens (including phenoxy) is 2. The zero-order chi connectivity index (χ0) is 15.2. The minimum Gasteiger partial charge on any atom is -0.497 e. The lowest BCUT2D eigenvalue weighted by Gasteiger charge is -2.07. The van der Waals surface area contributed by atoms with Crippen LogP contribution < -0.4 is 14.9 Å². The van der Waals surface area contributed by atoms with Crippen LogP contribution in [0.1, 0.15) is 11.1 Å². The molecular weight excluding hydrogens is 267 g/mol. The molecule has 0 heterocycles. The van der Waals surface area contributed by atoms with Crippen molar-refractivity contribution < 1.29 is 19.5 Å². The molecule has 0 aliphatic rings. The van der Waals surface area contributed by atoms with Crippen LogP contribution in [0.15, 0.2) is 42.5 Å². The van der Waals surface area contributed by atoms with E-state index in [-0.39, 0.29) is 0 Å². The van der Waals surface area contributed by atoms with Crippen molar-refractivity contribution in [3.63, 3.8) is 0 Å². The lowest BCUT2D eigenvalue weighted by atomic mass is 9.77. The van der Waals surface area contributed by atoms with Crippen molar-refractivity contribution in [2.75, 3.05) is 14.2 Å². The van der Waals surface area contributed by atoms with Crippen LogP contribution in [0.5, 0.6) is 11.5 Å². The Hall–Kier alpha value is -2.24. The summed E-state index contributed by atoms with van der Waals surface area (Å²) in [6.45, 7) is 0. The zero-order valence-corrected chi connectivity index (χ0v) is 12.0. The smallest absolute Gasteiger partial charge is 0.489 e. The molecule has 2 rings (SSSR count). The topological polar surface area (TPSA) is 58.9 Å². The quantitative estimate of drug-likeness (QED) is 0.646. The molecular formula is C16H17BO4. The van der Waals surface area contributed by atoms with E-state index in [0.29, 0.717) is 17.0 Å². The first-order chi connectivity index (χ1) is 10.1. The lowest BCUT2D eigenvalue weighted by molar-refractivity contribution is 0.394. The third-order valence-corrected chi connectivity index (χ3v) is 3.10. The van der Waals surface area contributed by atoms with Crippen LogP contribution in [0.4, 0.5) is 0 Å². The van der Waals surface area contributed by atoms with E-state index in [1.165, 1.54) is 0 Å². The number of hydrogen-bond donors (Lipinski definition) is 2. The van der Waals surface area contributed by atoms with Gasteiger partial charge in [0.05, 0.1) is 14.2 Å². The van der Waals surface area contributed by atoms with E-state index in [2.05, 4.69) is 0 Å². The van der Waals surface area contributed by atoms with E-state index < -0.39 is 7.12 Å². The molecule has 0 radical (unpaired) electrons. The Bertz CT molecular complexity index is 616. The van der Waals surface area contributed by atoms with Gasteiger partial charge < -0.3 is 19.5 Å². The van der Waals surface area contributed by atoms with Crippen molar-refractivity contribution >= 4 is 24.7 Å². The third kappa shape index (κ3) is 3.87. The first kappa shape index (κ1) is 15.2. The molecule has 0 fully saturated rings. The minimum absolute atomic E-state index is 0.462. The Morgan fingerprint density at radius 3 is 2.10 bits per heavy atom. The number of methoxy groups -OCH3 is 2. The molecule has 5 heteroatoms. The van der Waals surface area contributed by atoms with E-state index >= 15 is 0 Å². The monoisotopic (exact) mass is 284 g/mol. The highest BCUT2D eigenvalue weighted by atomic mass is 16.5. The fourth-order valence-electron chi connectivity index (χ4n) is 2.01. The number of rotatable bonds is 5. The standard InChI is InChI=1S/C16H17BO4/c1-20-14-9-12(10-15(11-14)21-2)7-8-13-5-3-4-6-16(13)17(18)19/h3-11,18-19H,1-2H3. The SMILES string of the molecule is COc1cc(C=Cc2ccccc2B(O)O)cc(OC)c1. The van der Waals surface area contributed by atoms with Crippen molar-refractivity contribution in [2.45, 2.75) is 0 Å². The predicted molar refractivity (Wildman–Crippen MR) is 84.7 cm³/mol. The average Bonchev–Trinajstić information content (AvgIpc) is 2.52. The molecule has 0 unspecified atom stereocenters. The van der Waals surface area contributed by atoms with Crippen molar-refractivity contribution in [1.29, 1.82) is 0 Å². The van der Waals surface area contributed by atoms with Crippen molar-refractivity contribution in [1.82, 2.24) is 0 Å². The Morgan fingerprint density at radius 2 is 1.52 bits per heavy atom. The summed E-state index contributed by atoms with van der Waals surface area (Å²) in [6.07, 6.45) is 3.69. The molecule has 2 N–H and O–H groups in total. The molecule has 2 aromatic rings. The maximum atomic E-state index is 9.35. The number of hydrogen-bond acceptors (Lipinski definition) is 4. The summed E-state index contributed by atoms with van der Waals surface area (Å²) in [6, 6.07) is 12.6. The van der Waals surface area contributed by atoms with Crippen molar-refractivity contribution in [3.8, 4) is 11.5 Å². The van der Waals surface area contributed by atoms with Gasteiger partial charge in [0.15, 0.2) is 0 Å². The summed E-state index contributed by atoms with van der Waals surface area (Å²) in [5.74, 6) is 1.40. The van der Waals surface area contributed by atoms with Gasteiger partial charge in [-0.25, -0.2) is 0 Å². The van der Waals surface area contributed by atoms with Gasteiger partial charge in [-0.05, 0) is 28.7 Å². The minimum atomic E-state index is -1.49. The highest BCUT2D eigenvalue weighted by Crippen LogP contribution is 2.23. The van der Waals surface area contributed by atoms with Crippen LogP contribution in [0, 0.1) is 0 Å². The second kappa shape index (κ2) is 6.97. The van der Waals surface area contributed by atoms with Crippen LogP contribution >= 0.6 is 0 Å². The first-order valence-electron chi connectivity index (χ1n) is 6.50. The van der Waals surface area contributed by atoms with Gasteiger partial charge in [0.25, 0.3) is 0 Å². The predicted octanol–water partition coefficient (Wildman–Crippen LogP) is 1.55. The first-order valence-corrected chi connectivity index (χ1v) is 6.50. The Balaban J connectivity index is 2.33. The van der Waals surface area contributed by atoms with Gasteiger partial charge in [0.2, 0.25) is 0 Å². The van der Waals surface area contributed by atoms with Gasteiger partial charge in [-0.15, -0.1) is 0 Å². The van der Waals surface area contributed by atoms with E-state index in [1.54, 1.807) is 32.4 Å². The lowest BCUT2D eigenvalue weighted by Crippen LogP contribution is -2.31. The molecule has 0 aliphatic carbocycles. The summed E-state index contributed by atoms with van der Waals surface area (Å²) in [5.41, 5.74) is 2.10. The summed E-state index contributed by atoms with van der Waals surface area (Å²) < 4.78 is 10.4. The van der Waals surface area contributed by atoms with Gasteiger partial charge in [-0.3, -0.25) is 0 Å². The highest BCUT2D eigenvalue weighted by Gasteiger charge is 2.13. The zero-order valence-electron chi connectivity index (χ0n) is 12.0. The molecule has 4 nitrogen and oxygen atoms in total. The maximum absolute atomic E-state index is 9.35. The van der Waals surface area contributed by atoms with E-state index in [4.69, 9.17) is 9.47 Å². The maximum Gasteiger partial charge on any atom is 0.489 e. The molecule has 0 bridgehead atoms.